The summed E-state index contributed by atoms with van der Waals surface area (Å²) in [6.45, 7) is 2.73. The van der Waals surface area contributed by atoms with Gasteiger partial charge < -0.3 is 15.0 Å². The van der Waals surface area contributed by atoms with Crippen LogP contribution in [-0.4, -0.2) is 38.6 Å². The maximum absolute atomic E-state index is 11.4. The van der Waals surface area contributed by atoms with E-state index in [4.69, 9.17) is 4.74 Å². The molecular weight excluding hydrogens is 228 g/mol. The molecule has 0 bridgehead atoms. The Hall–Kier alpha value is -1.55. The van der Waals surface area contributed by atoms with Crippen molar-refractivity contribution in [1.82, 2.24) is 10.2 Å². The Kier molecular flexibility index (Phi) is 5.65. The van der Waals surface area contributed by atoms with E-state index in [2.05, 4.69) is 12.2 Å². The minimum absolute atomic E-state index is 0.134. The lowest BCUT2D eigenvalue weighted by Gasteiger charge is -2.17. The molecular formula is C14H22N2O2. The van der Waals surface area contributed by atoms with Crippen LogP contribution in [0.1, 0.15) is 24.9 Å². The van der Waals surface area contributed by atoms with Crippen molar-refractivity contribution >= 4 is 5.91 Å². The number of carbonyl (C=O) groups excluding carboxylic acids is 1. The first-order chi connectivity index (χ1) is 8.56. The minimum atomic E-state index is 0.134. The summed E-state index contributed by atoms with van der Waals surface area (Å²) >= 11 is 0. The quantitative estimate of drug-likeness (QED) is 0.837. The van der Waals surface area contributed by atoms with E-state index in [1.165, 1.54) is 0 Å². The van der Waals surface area contributed by atoms with Gasteiger partial charge in [0.1, 0.15) is 5.75 Å². The number of benzene rings is 1. The predicted molar refractivity (Wildman–Crippen MR) is 72.7 cm³/mol. The van der Waals surface area contributed by atoms with Crippen LogP contribution in [0.25, 0.3) is 0 Å². The molecule has 0 fully saturated rings. The molecule has 1 aromatic rings. The fourth-order valence-corrected chi connectivity index (χ4v) is 1.75. The molecule has 1 atom stereocenters. The fourth-order valence-electron chi connectivity index (χ4n) is 1.75. The molecule has 18 heavy (non-hydrogen) atoms. The summed E-state index contributed by atoms with van der Waals surface area (Å²) < 4.78 is 5.32. The molecule has 0 spiro atoms. The van der Waals surface area contributed by atoms with Crippen molar-refractivity contribution in [2.45, 2.75) is 19.4 Å². The standard InChI is InChI=1S/C14H22N2O2/c1-11(15-10-9-14(17)16(2)3)12-7-5-6-8-13(12)18-4/h5-8,11,15H,9-10H2,1-4H3/t11-/m1/s1. The molecule has 0 saturated heterocycles. The molecule has 0 aliphatic rings. The van der Waals surface area contributed by atoms with E-state index >= 15 is 0 Å². The summed E-state index contributed by atoms with van der Waals surface area (Å²) in [7, 11) is 5.21. The van der Waals surface area contributed by atoms with E-state index < -0.39 is 0 Å². The maximum atomic E-state index is 11.4. The van der Waals surface area contributed by atoms with E-state index in [1.807, 2.05) is 24.3 Å². The molecule has 1 aromatic carbocycles. The van der Waals surface area contributed by atoms with Crippen molar-refractivity contribution in [3.63, 3.8) is 0 Å². The van der Waals surface area contributed by atoms with Gasteiger partial charge in [0.25, 0.3) is 0 Å². The lowest BCUT2D eigenvalue weighted by atomic mass is 10.1. The molecule has 1 amide bonds. The maximum Gasteiger partial charge on any atom is 0.223 e. The van der Waals surface area contributed by atoms with Crippen LogP contribution in [0.5, 0.6) is 5.75 Å². The van der Waals surface area contributed by atoms with Gasteiger partial charge in [0.15, 0.2) is 0 Å². The van der Waals surface area contributed by atoms with Crippen LogP contribution >= 0.6 is 0 Å². The number of hydrogen-bond acceptors (Lipinski definition) is 3. The number of rotatable bonds is 6. The Morgan fingerprint density at radius 2 is 2.06 bits per heavy atom. The second-order valence-electron chi connectivity index (χ2n) is 4.46. The second kappa shape index (κ2) is 7.01. The van der Waals surface area contributed by atoms with Gasteiger partial charge in [-0.2, -0.15) is 0 Å². The summed E-state index contributed by atoms with van der Waals surface area (Å²) in [4.78, 5) is 13.1. The highest BCUT2D eigenvalue weighted by Gasteiger charge is 2.11. The van der Waals surface area contributed by atoms with Crippen LogP contribution in [0.15, 0.2) is 24.3 Å². The van der Waals surface area contributed by atoms with Crippen LogP contribution < -0.4 is 10.1 Å². The fraction of sp³-hybridized carbons (Fsp3) is 0.500. The van der Waals surface area contributed by atoms with Crippen molar-refractivity contribution in [3.05, 3.63) is 29.8 Å². The molecule has 0 heterocycles. The Morgan fingerprint density at radius 3 is 2.67 bits per heavy atom. The summed E-state index contributed by atoms with van der Waals surface area (Å²) in [5.41, 5.74) is 1.11. The number of methoxy groups -OCH3 is 1. The molecule has 0 unspecified atom stereocenters. The highest BCUT2D eigenvalue weighted by atomic mass is 16.5. The van der Waals surface area contributed by atoms with E-state index in [-0.39, 0.29) is 11.9 Å². The molecule has 1 rings (SSSR count). The van der Waals surface area contributed by atoms with Gasteiger partial charge in [-0.1, -0.05) is 18.2 Å². The van der Waals surface area contributed by atoms with Crippen molar-refractivity contribution in [2.75, 3.05) is 27.7 Å². The lowest BCUT2D eigenvalue weighted by molar-refractivity contribution is -0.128. The monoisotopic (exact) mass is 250 g/mol. The number of hydrogen-bond donors (Lipinski definition) is 1. The molecule has 0 aromatic heterocycles. The summed E-state index contributed by atoms with van der Waals surface area (Å²) in [6, 6.07) is 8.07. The van der Waals surface area contributed by atoms with E-state index in [0.717, 1.165) is 11.3 Å². The third kappa shape index (κ3) is 4.04. The molecule has 0 saturated carbocycles. The zero-order valence-corrected chi connectivity index (χ0v) is 11.6. The Morgan fingerprint density at radius 1 is 1.39 bits per heavy atom. The molecule has 0 aliphatic carbocycles. The van der Waals surface area contributed by atoms with E-state index in [1.54, 1.807) is 26.1 Å². The minimum Gasteiger partial charge on any atom is -0.496 e. The molecule has 4 heteroatoms. The van der Waals surface area contributed by atoms with Gasteiger partial charge in [0, 0.05) is 38.7 Å². The number of nitrogens with zero attached hydrogens (tertiary/aromatic N) is 1. The largest absolute Gasteiger partial charge is 0.496 e. The Bertz CT molecular complexity index is 391. The molecule has 0 radical (unpaired) electrons. The number of carbonyl (C=O) groups is 1. The van der Waals surface area contributed by atoms with Crippen LogP contribution in [0, 0.1) is 0 Å². The van der Waals surface area contributed by atoms with E-state index in [0.29, 0.717) is 13.0 Å². The summed E-state index contributed by atoms with van der Waals surface area (Å²) in [5, 5.41) is 3.33. The van der Waals surface area contributed by atoms with Crippen LogP contribution in [0.4, 0.5) is 0 Å². The Balaban J connectivity index is 2.50. The van der Waals surface area contributed by atoms with Gasteiger partial charge in [0.05, 0.1) is 7.11 Å². The van der Waals surface area contributed by atoms with Gasteiger partial charge in [0.2, 0.25) is 5.91 Å². The first kappa shape index (κ1) is 14.5. The zero-order valence-electron chi connectivity index (χ0n) is 11.6. The third-order valence-corrected chi connectivity index (χ3v) is 2.89. The van der Waals surface area contributed by atoms with Gasteiger partial charge in [-0.25, -0.2) is 0 Å². The van der Waals surface area contributed by atoms with Gasteiger partial charge >= 0.3 is 0 Å². The normalized spacial score (nSPS) is 12.0. The van der Waals surface area contributed by atoms with Crippen LogP contribution in [-0.2, 0) is 4.79 Å². The topological polar surface area (TPSA) is 41.6 Å². The van der Waals surface area contributed by atoms with Crippen molar-refractivity contribution in [2.24, 2.45) is 0 Å². The van der Waals surface area contributed by atoms with E-state index in [9.17, 15) is 4.79 Å². The first-order valence-corrected chi connectivity index (χ1v) is 6.12. The predicted octanol–water partition coefficient (Wildman–Crippen LogP) is 1.82. The lowest BCUT2D eigenvalue weighted by Crippen LogP contribution is -2.28. The van der Waals surface area contributed by atoms with Crippen LogP contribution in [0.3, 0.4) is 0 Å². The average Bonchev–Trinajstić information content (AvgIpc) is 2.38. The SMILES string of the molecule is COc1ccccc1[C@@H](C)NCCC(=O)N(C)C. The molecule has 100 valence electrons. The highest BCUT2D eigenvalue weighted by Crippen LogP contribution is 2.24. The van der Waals surface area contributed by atoms with Gasteiger partial charge in [-0.05, 0) is 13.0 Å². The van der Waals surface area contributed by atoms with Gasteiger partial charge in [-0.15, -0.1) is 0 Å². The smallest absolute Gasteiger partial charge is 0.223 e. The average molecular weight is 250 g/mol. The van der Waals surface area contributed by atoms with Gasteiger partial charge in [-0.3, -0.25) is 4.79 Å². The third-order valence-electron chi connectivity index (χ3n) is 2.89. The zero-order chi connectivity index (χ0) is 13.5. The first-order valence-electron chi connectivity index (χ1n) is 6.12. The van der Waals surface area contributed by atoms with Crippen molar-refractivity contribution in [3.8, 4) is 5.75 Å². The van der Waals surface area contributed by atoms with Crippen molar-refractivity contribution in [1.29, 1.82) is 0 Å². The molecule has 1 N–H and O–H groups in total. The second-order valence-corrected chi connectivity index (χ2v) is 4.46. The highest BCUT2D eigenvalue weighted by molar-refractivity contribution is 5.75. The number of amides is 1. The summed E-state index contributed by atoms with van der Waals surface area (Å²) in [6.07, 6.45) is 0.506. The number of para-hydroxylation sites is 1. The number of ether oxygens (including phenoxy) is 1. The van der Waals surface area contributed by atoms with Crippen LogP contribution in [0.2, 0.25) is 0 Å². The molecule has 4 nitrogen and oxygen atoms in total. The molecule has 0 aliphatic heterocycles. The number of nitrogens with one attached hydrogen (secondary N) is 1. The van der Waals surface area contributed by atoms with Crippen molar-refractivity contribution < 1.29 is 9.53 Å². The Labute approximate surface area is 109 Å². The summed E-state index contributed by atoms with van der Waals surface area (Å²) in [5.74, 6) is 1.01.